The van der Waals surface area contributed by atoms with Gasteiger partial charge in [0.05, 0.1) is 18.1 Å². The van der Waals surface area contributed by atoms with Crippen molar-refractivity contribution in [1.29, 1.82) is 0 Å². The van der Waals surface area contributed by atoms with E-state index in [4.69, 9.17) is 0 Å². The van der Waals surface area contributed by atoms with Gasteiger partial charge in [-0.05, 0) is 39.2 Å². The van der Waals surface area contributed by atoms with E-state index in [-0.39, 0.29) is 29.2 Å². The van der Waals surface area contributed by atoms with Crippen LogP contribution in [0.15, 0.2) is 6.07 Å². The molecule has 0 unspecified atom stereocenters. The van der Waals surface area contributed by atoms with Crippen LogP contribution < -0.4 is 0 Å². The number of ketones is 1. The monoisotopic (exact) mass is 449 g/mol. The maximum Gasteiger partial charge on any atom is 0.225 e. The van der Waals surface area contributed by atoms with Crippen LogP contribution in [0.5, 0.6) is 0 Å². The van der Waals surface area contributed by atoms with Gasteiger partial charge in [-0.3, -0.25) is 14.5 Å². The quantitative estimate of drug-likeness (QED) is 0.645. The first-order chi connectivity index (χ1) is 14.7. The van der Waals surface area contributed by atoms with Crippen molar-refractivity contribution in [2.75, 3.05) is 44.2 Å². The van der Waals surface area contributed by atoms with E-state index in [1.165, 1.54) is 6.42 Å². The van der Waals surface area contributed by atoms with Gasteiger partial charge in [0.15, 0.2) is 15.6 Å². The van der Waals surface area contributed by atoms with Gasteiger partial charge in [-0.1, -0.05) is 19.3 Å². The van der Waals surface area contributed by atoms with Crippen molar-refractivity contribution >= 4 is 21.5 Å². The van der Waals surface area contributed by atoms with Crippen LogP contribution >= 0.6 is 0 Å². The minimum absolute atomic E-state index is 0.0686. The second-order valence-corrected chi connectivity index (χ2v) is 11.8. The highest BCUT2D eigenvalue weighted by atomic mass is 32.2. The maximum atomic E-state index is 13.1. The van der Waals surface area contributed by atoms with Crippen molar-refractivity contribution < 1.29 is 18.0 Å². The Morgan fingerprint density at radius 2 is 1.68 bits per heavy atom. The molecule has 3 aliphatic rings. The van der Waals surface area contributed by atoms with Crippen molar-refractivity contribution in [3.8, 4) is 0 Å². The molecular formula is C23H35N3O4S. The van der Waals surface area contributed by atoms with Gasteiger partial charge in [0.25, 0.3) is 0 Å². The number of rotatable bonds is 5. The number of piperazine rings is 1. The van der Waals surface area contributed by atoms with Gasteiger partial charge in [0, 0.05) is 55.1 Å². The molecule has 1 aromatic heterocycles. The summed E-state index contributed by atoms with van der Waals surface area (Å²) < 4.78 is 25.8. The Morgan fingerprint density at radius 3 is 2.29 bits per heavy atom. The summed E-state index contributed by atoms with van der Waals surface area (Å²) in [6, 6.07) is 1.84. The van der Waals surface area contributed by atoms with E-state index < -0.39 is 9.84 Å². The predicted molar refractivity (Wildman–Crippen MR) is 120 cm³/mol. The van der Waals surface area contributed by atoms with Gasteiger partial charge in [-0.15, -0.1) is 0 Å². The van der Waals surface area contributed by atoms with Crippen LogP contribution in [0.1, 0.15) is 66.3 Å². The van der Waals surface area contributed by atoms with E-state index in [1.807, 2.05) is 29.4 Å². The van der Waals surface area contributed by atoms with Gasteiger partial charge < -0.3 is 9.47 Å². The molecule has 1 amide bonds. The molecule has 1 atom stereocenters. The summed E-state index contributed by atoms with van der Waals surface area (Å²) in [7, 11) is -2.98. The van der Waals surface area contributed by atoms with Gasteiger partial charge in [-0.25, -0.2) is 8.42 Å². The normalized spacial score (nSPS) is 25.1. The Morgan fingerprint density at radius 1 is 1.00 bits per heavy atom. The third-order valence-electron chi connectivity index (χ3n) is 7.36. The molecule has 0 spiro atoms. The highest BCUT2D eigenvalue weighted by Gasteiger charge is 2.32. The average Bonchev–Trinajstić information content (AvgIpc) is 3.26. The predicted octanol–water partition coefficient (Wildman–Crippen LogP) is 2.37. The minimum atomic E-state index is -2.98. The van der Waals surface area contributed by atoms with E-state index in [1.54, 1.807) is 0 Å². The first-order valence-corrected chi connectivity index (χ1v) is 13.5. The number of Topliss-reactive ketones (excluding diaryl/α,β-unsaturated/α-hetero) is 1. The Bertz CT molecular complexity index is 938. The summed E-state index contributed by atoms with van der Waals surface area (Å²) in [6.07, 6.45) is 6.23. The highest BCUT2D eigenvalue weighted by molar-refractivity contribution is 7.91. The van der Waals surface area contributed by atoms with Crippen LogP contribution in [-0.4, -0.2) is 78.7 Å². The number of sulfone groups is 1. The molecule has 0 aromatic carbocycles. The Hall–Kier alpha value is -1.67. The van der Waals surface area contributed by atoms with Crippen LogP contribution in [0, 0.1) is 19.8 Å². The van der Waals surface area contributed by atoms with Crippen molar-refractivity contribution in [3.63, 3.8) is 0 Å². The molecule has 0 N–H and O–H groups in total. The summed E-state index contributed by atoms with van der Waals surface area (Å²) in [6.45, 7) is 7.06. The first kappa shape index (κ1) is 22.5. The molecule has 31 heavy (non-hydrogen) atoms. The molecule has 1 aliphatic carbocycles. The molecule has 7 nitrogen and oxygen atoms in total. The summed E-state index contributed by atoms with van der Waals surface area (Å²) in [4.78, 5) is 29.9. The summed E-state index contributed by atoms with van der Waals surface area (Å²) in [5.74, 6) is 0.968. The molecule has 2 saturated heterocycles. The molecule has 1 saturated carbocycles. The lowest BCUT2D eigenvalue weighted by atomic mass is 9.88. The molecule has 3 heterocycles. The molecule has 2 aliphatic heterocycles. The number of amides is 1. The highest BCUT2D eigenvalue weighted by Crippen LogP contribution is 2.29. The minimum Gasteiger partial charge on any atom is -0.344 e. The fraction of sp³-hybridized carbons (Fsp3) is 0.739. The maximum absolute atomic E-state index is 13.1. The van der Waals surface area contributed by atoms with Crippen LogP contribution in [0.25, 0.3) is 0 Å². The standard InChI is InChI=1S/C23H35N3O4S/c1-17-14-21(18(2)26(17)20-8-13-31(29,30)16-20)22(27)15-24-9-11-25(12-10-24)23(28)19-6-4-3-5-7-19/h14,19-20H,3-13,15-16H2,1-2H3/t20-/m0/s1. The van der Waals surface area contributed by atoms with Gasteiger partial charge in [0.1, 0.15) is 0 Å². The zero-order valence-electron chi connectivity index (χ0n) is 18.8. The largest absolute Gasteiger partial charge is 0.344 e. The molecule has 0 bridgehead atoms. The van der Waals surface area contributed by atoms with Crippen LogP contribution in [0.4, 0.5) is 0 Å². The number of aromatic nitrogens is 1. The third-order valence-corrected chi connectivity index (χ3v) is 9.11. The van der Waals surface area contributed by atoms with E-state index in [2.05, 4.69) is 4.90 Å². The van der Waals surface area contributed by atoms with Gasteiger partial charge in [-0.2, -0.15) is 0 Å². The van der Waals surface area contributed by atoms with Crippen LogP contribution in [0.2, 0.25) is 0 Å². The zero-order chi connectivity index (χ0) is 22.2. The lowest BCUT2D eigenvalue weighted by Crippen LogP contribution is -2.51. The van der Waals surface area contributed by atoms with Crippen molar-refractivity contribution in [2.45, 2.75) is 58.4 Å². The number of hydrogen-bond donors (Lipinski definition) is 0. The van der Waals surface area contributed by atoms with Crippen LogP contribution in [-0.2, 0) is 14.6 Å². The lowest BCUT2D eigenvalue weighted by Gasteiger charge is -2.36. The number of hydrogen-bond acceptors (Lipinski definition) is 5. The van der Waals surface area contributed by atoms with Gasteiger partial charge in [0.2, 0.25) is 5.91 Å². The Labute approximate surface area is 185 Å². The number of nitrogens with zero attached hydrogens (tertiary/aromatic N) is 3. The SMILES string of the molecule is Cc1cc(C(=O)CN2CCN(C(=O)C3CCCCC3)CC2)c(C)n1[C@H]1CCS(=O)(=O)C1. The van der Waals surface area contributed by atoms with E-state index in [9.17, 15) is 18.0 Å². The number of carbonyl (C=O) groups is 2. The topological polar surface area (TPSA) is 79.7 Å². The fourth-order valence-electron chi connectivity index (χ4n) is 5.62. The second kappa shape index (κ2) is 9.06. The smallest absolute Gasteiger partial charge is 0.225 e. The molecule has 4 rings (SSSR count). The van der Waals surface area contributed by atoms with Crippen molar-refractivity contribution in [1.82, 2.24) is 14.4 Å². The molecular weight excluding hydrogens is 414 g/mol. The molecule has 1 aromatic rings. The van der Waals surface area contributed by atoms with Crippen molar-refractivity contribution in [2.24, 2.45) is 5.92 Å². The van der Waals surface area contributed by atoms with Crippen molar-refractivity contribution in [3.05, 3.63) is 23.0 Å². The van der Waals surface area contributed by atoms with E-state index in [0.717, 1.165) is 50.2 Å². The van der Waals surface area contributed by atoms with E-state index >= 15 is 0 Å². The Kier molecular flexibility index (Phi) is 6.58. The lowest BCUT2D eigenvalue weighted by molar-refractivity contribution is -0.138. The Balaban J connectivity index is 1.34. The number of carbonyl (C=O) groups excluding carboxylic acids is 2. The summed E-state index contributed by atoms with van der Waals surface area (Å²) >= 11 is 0. The fourth-order valence-corrected chi connectivity index (χ4v) is 7.32. The average molecular weight is 450 g/mol. The molecule has 3 fully saturated rings. The van der Waals surface area contributed by atoms with Crippen LogP contribution in [0.3, 0.4) is 0 Å². The molecule has 8 heteroatoms. The summed E-state index contributed by atoms with van der Waals surface area (Å²) in [5, 5.41) is 0. The molecule has 0 radical (unpaired) electrons. The summed E-state index contributed by atoms with van der Waals surface area (Å²) in [5.41, 5.74) is 2.52. The second-order valence-electron chi connectivity index (χ2n) is 9.57. The first-order valence-electron chi connectivity index (χ1n) is 11.7. The third kappa shape index (κ3) is 4.90. The molecule has 172 valence electrons. The number of aryl methyl sites for hydroxylation is 1. The van der Waals surface area contributed by atoms with E-state index in [0.29, 0.717) is 37.5 Å². The zero-order valence-corrected chi connectivity index (χ0v) is 19.6. The van der Waals surface area contributed by atoms with Gasteiger partial charge >= 0.3 is 0 Å².